The molecule has 2 fully saturated rings. The number of methoxy groups -OCH3 is 1. The predicted octanol–water partition coefficient (Wildman–Crippen LogP) is 4.12. The Labute approximate surface area is 154 Å². The second-order valence-electron chi connectivity index (χ2n) is 7.23. The summed E-state index contributed by atoms with van der Waals surface area (Å²) >= 11 is 0. The van der Waals surface area contributed by atoms with Gasteiger partial charge in [0.25, 0.3) is 5.91 Å². The Morgan fingerprint density at radius 2 is 1.65 bits per heavy atom. The van der Waals surface area contributed by atoms with Crippen LogP contribution in [0.3, 0.4) is 0 Å². The number of nitrogens with zero attached hydrogens (tertiary/aromatic N) is 2. The van der Waals surface area contributed by atoms with Gasteiger partial charge in [-0.1, -0.05) is 12.1 Å². The van der Waals surface area contributed by atoms with Crippen molar-refractivity contribution in [1.29, 1.82) is 5.26 Å². The van der Waals surface area contributed by atoms with Gasteiger partial charge in [-0.3, -0.25) is 4.79 Å². The minimum absolute atomic E-state index is 0.107. The fourth-order valence-electron chi connectivity index (χ4n) is 4.49. The number of carbonyl (C=O) groups excluding carboxylic acids is 1. The molecule has 4 nitrogen and oxygen atoms in total. The van der Waals surface area contributed by atoms with Crippen LogP contribution in [0.25, 0.3) is 0 Å². The van der Waals surface area contributed by atoms with Crippen LogP contribution in [0.4, 0.5) is 0 Å². The SMILES string of the molecule is COc1ccc(C2C[C@H]3CC[C@@H](C2)N3C(=O)c2ccc(C#N)cc2)cc1. The van der Waals surface area contributed by atoms with Crippen LogP contribution < -0.4 is 4.74 Å². The minimum atomic E-state index is 0.107. The van der Waals surface area contributed by atoms with E-state index in [0.29, 0.717) is 29.1 Å². The first-order chi connectivity index (χ1) is 12.7. The number of hydrogen-bond donors (Lipinski definition) is 0. The molecule has 0 aromatic heterocycles. The van der Waals surface area contributed by atoms with Crippen LogP contribution in [0.2, 0.25) is 0 Å². The second kappa shape index (κ2) is 6.84. The molecule has 2 aliphatic rings. The van der Waals surface area contributed by atoms with Crippen molar-refractivity contribution in [1.82, 2.24) is 4.90 Å². The molecule has 4 rings (SSSR count). The zero-order valence-corrected chi connectivity index (χ0v) is 14.9. The lowest BCUT2D eigenvalue weighted by Crippen LogP contribution is -2.46. The highest BCUT2D eigenvalue weighted by Gasteiger charge is 2.43. The number of carbonyl (C=O) groups is 1. The van der Waals surface area contributed by atoms with Crippen LogP contribution in [0.1, 0.15) is 53.1 Å². The molecule has 2 bridgehead atoms. The smallest absolute Gasteiger partial charge is 0.254 e. The lowest BCUT2D eigenvalue weighted by Gasteiger charge is -2.39. The van der Waals surface area contributed by atoms with Crippen LogP contribution in [0, 0.1) is 11.3 Å². The lowest BCUT2D eigenvalue weighted by atomic mass is 9.84. The molecule has 132 valence electrons. The van der Waals surface area contributed by atoms with Gasteiger partial charge in [0.05, 0.1) is 18.7 Å². The molecule has 2 aromatic rings. The van der Waals surface area contributed by atoms with Crippen LogP contribution in [-0.2, 0) is 0 Å². The molecule has 3 atom stereocenters. The largest absolute Gasteiger partial charge is 0.497 e. The molecule has 0 radical (unpaired) electrons. The van der Waals surface area contributed by atoms with Gasteiger partial charge in [0, 0.05) is 17.6 Å². The Balaban J connectivity index is 1.51. The summed E-state index contributed by atoms with van der Waals surface area (Å²) in [6.07, 6.45) is 4.20. The molecule has 2 aliphatic heterocycles. The summed E-state index contributed by atoms with van der Waals surface area (Å²) in [5.41, 5.74) is 2.61. The number of amides is 1. The van der Waals surface area contributed by atoms with Crippen molar-refractivity contribution in [3.05, 3.63) is 65.2 Å². The normalized spacial score (nSPS) is 24.2. The minimum Gasteiger partial charge on any atom is -0.497 e. The number of fused-ring (bicyclic) bond motifs is 2. The van der Waals surface area contributed by atoms with Crippen LogP contribution in [0.5, 0.6) is 5.75 Å². The third kappa shape index (κ3) is 2.94. The van der Waals surface area contributed by atoms with Crippen molar-refractivity contribution in [3.63, 3.8) is 0 Å². The molecule has 2 saturated heterocycles. The summed E-state index contributed by atoms with van der Waals surface area (Å²) in [4.78, 5) is 15.1. The molecule has 4 heteroatoms. The Kier molecular flexibility index (Phi) is 4.38. The maximum atomic E-state index is 13.0. The number of nitriles is 1. The van der Waals surface area contributed by atoms with Crippen LogP contribution >= 0.6 is 0 Å². The Morgan fingerprint density at radius 3 is 2.19 bits per heavy atom. The molecule has 1 amide bonds. The Bertz CT molecular complexity index is 822. The topological polar surface area (TPSA) is 53.3 Å². The van der Waals surface area contributed by atoms with Crippen molar-refractivity contribution >= 4 is 5.91 Å². The van der Waals surface area contributed by atoms with Gasteiger partial charge < -0.3 is 9.64 Å². The first-order valence-electron chi connectivity index (χ1n) is 9.16. The van der Waals surface area contributed by atoms with Crippen LogP contribution in [0.15, 0.2) is 48.5 Å². The third-order valence-electron chi connectivity index (χ3n) is 5.82. The van der Waals surface area contributed by atoms with Crippen LogP contribution in [-0.4, -0.2) is 30.0 Å². The molecule has 26 heavy (non-hydrogen) atoms. The molecular weight excluding hydrogens is 324 g/mol. The first kappa shape index (κ1) is 16.7. The van der Waals surface area contributed by atoms with E-state index in [-0.39, 0.29) is 5.91 Å². The van der Waals surface area contributed by atoms with Gasteiger partial charge in [-0.05, 0) is 73.6 Å². The molecule has 0 spiro atoms. The van der Waals surface area contributed by atoms with E-state index in [1.54, 1.807) is 31.4 Å². The standard InChI is InChI=1S/C22H22N2O2/c1-26-21-10-6-16(7-11-21)18-12-19-8-9-20(13-18)24(19)22(25)17-4-2-15(14-23)3-5-17/h2-7,10-11,18-20H,8-9,12-13H2,1H3/t18?,19-,20+. The van der Waals surface area contributed by atoms with Crippen molar-refractivity contribution in [2.24, 2.45) is 0 Å². The zero-order chi connectivity index (χ0) is 18.1. The number of piperidine rings is 1. The van der Waals surface area contributed by atoms with E-state index >= 15 is 0 Å². The molecule has 2 aromatic carbocycles. The summed E-state index contributed by atoms with van der Waals surface area (Å²) in [6.45, 7) is 0. The predicted molar refractivity (Wildman–Crippen MR) is 99.1 cm³/mol. The number of rotatable bonds is 3. The van der Waals surface area contributed by atoms with E-state index < -0.39 is 0 Å². The van der Waals surface area contributed by atoms with E-state index in [0.717, 1.165) is 31.4 Å². The Morgan fingerprint density at radius 1 is 1.04 bits per heavy atom. The summed E-state index contributed by atoms with van der Waals surface area (Å²) in [5, 5.41) is 8.93. The van der Waals surface area contributed by atoms with Gasteiger partial charge in [0.2, 0.25) is 0 Å². The van der Waals surface area contributed by atoms with E-state index in [1.165, 1.54) is 5.56 Å². The highest BCUT2D eigenvalue weighted by atomic mass is 16.5. The lowest BCUT2D eigenvalue weighted by molar-refractivity contribution is 0.0571. The quantitative estimate of drug-likeness (QED) is 0.840. The van der Waals surface area contributed by atoms with E-state index in [4.69, 9.17) is 10.00 Å². The molecule has 2 heterocycles. The summed E-state index contributed by atoms with van der Waals surface area (Å²) in [7, 11) is 1.68. The van der Waals surface area contributed by atoms with E-state index in [9.17, 15) is 4.79 Å². The highest BCUT2D eigenvalue weighted by Crippen LogP contribution is 2.43. The fraction of sp³-hybridized carbons (Fsp3) is 0.364. The summed E-state index contributed by atoms with van der Waals surface area (Å²) in [5.74, 6) is 1.49. The van der Waals surface area contributed by atoms with Gasteiger partial charge in [0.1, 0.15) is 5.75 Å². The average Bonchev–Trinajstić information content (AvgIpc) is 2.96. The molecular formula is C22H22N2O2. The monoisotopic (exact) mass is 346 g/mol. The molecule has 0 N–H and O–H groups in total. The fourth-order valence-corrected chi connectivity index (χ4v) is 4.49. The summed E-state index contributed by atoms with van der Waals surface area (Å²) < 4.78 is 5.25. The maximum Gasteiger partial charge on any atom is 0.254 e. The molecule has 0 saturated carbocycles. The molecule has 0 aliphatic carbocycles. The van der Waals surface area contributed by atoms with E-state index in [2.05, 4.69) is 23.1 Å². The van der Waals surface area contributed by atoms with Crippen molar-refractivity contribution in [2.75, 3.05) is 7.11 Å². The highest BCUT2D eigenvalue weighted by molar-refractivity contribution is 5.95. The number of ether oxygens (including phenoxy) is 1. The van der Waals surface area contributed by atoms with Gasteiger partial charge in [-0.15, -0.1) is 0 Å². The van der Waals surface area contributed by atoms with Gasteiger partial charge >= 0.3 is 0 Å². The second-order valence-corrected chi connectivity index (χ2v) is 7.23. The van der Waals surface area contributed by atoms with Crippen molar-refractivity contribution in [3.8, 4) is 11.8 Å². The van der Waals surface area contributed by atoms with Crippen molar-refractivity contribution < 1.29 is 9.53 Å². The third-order valence-corrected chi connectivity index (χ3v) is 5.82. The number of hydrogen-bond acceptors (Lipinski definition) is 3. The average molecular weight is 346 g/mol. The summed E-state index contributed by atoms with van der Waals surface area (Å²) in [6, 6.07) is 18.1. The zero-order valence-electron chi connectivity index (χ0n) is 14.9. The molecule has 1 unspecified atom stereocenters. The maximum absolute atomic E-state index is 13.0. The first-order valence-corrected chi connectivity index (χ1v) is 9.16. The van der Waals surface area contributed by atoms with Gasteiger partial charge in [-0.25, -0.2) is 0 Å². The van der Waals surface area contributed by atoms with Gasteiger partial charge in [0.15, 0.2) is 0 Å². The van der Waals surface area contributed by atoms with E-state index in [1.807, 2.05) is 12.1 Å². The van der Waals surface area contributed by atoms with Gasteiger partial charge in [-0.2, -0.15) is 5.26 Å². The Hall–Kier alpha value is -2.80. The van der Waals surface area contributed by atoms with Crippen molar-refractivity contribution in [2.45, 2.75) is 43.7 Å². The number of benzene rings is 2.